The number of benzene rings is 2. The SMILES string of the molecule is Cc1cc(Nc2ccc(N)c3ncccc23)ccc1Br. The Labute approximate surface area is 126 Å². The summed E-state index contributed by atoms with van der Waals surface area (Å²) in [4.78, 5) is 4.34. The summed E-state index contributed by atoms with van der Waals surface area (Å²) in [5.74, 6) is 0. The molecule has 1 heterocycles. The van der Waals surface area contributed by atoms with E-state index in [9.17, 15) is 0 Å². The number of aromatic nitrogens is 1. The molecule has 3 N–H and O–H groups in total. The van der Waals surface area contributed by atoms with Crippen LogP contribution in [0.3, 0.4) is 0 Å². The Morgan fingerprint density at radius 3 is 2.80 bits per heavy atom. The first-order chi connectivity index (χ1) is 9.65. The van der Waals surface area contributed by atoms with Gasteiger partial charge in [-0.1, -0.05) is 15.9 Å². The summed E-state index contributed by atoms with van der Waals surface area (Å²) in [6.45, 7) is 2.07. The summed E-state index contributed by atoms with van der Waals surface area (Å²) in [7, 11) is 0. The van der Waals surface area contributed by atoms with Gasteiger partial charge in [0.1, 0.15) is 0 Å². The van der Waals surface area contributed by atoms with Gasteiger partial charge < -0.3 is 11.1 Å². The van der Waals surface area contributed by atoms with E-state index >= 15 is 0 Å². The molecule has 0 unspecified atom stereocenters. The Bertz CT molecular complexity index is 784. The first-order valence-corrected chi connectivity index (χ1v) is 7.11. The van der Waals surface area contributed by atoms with E-state index in [1.807, 2.05) is 36.4 Å². The van der Waals surface area contributed by atoms with Crippen LogP contribution in [-0.4, -0.2) is 4.98 Å². The van der Waals surface area contributed by atoms with Gasteiger partial charge in [0.05, 0.1) is 11.2 Å². The van der Waals surface area contributed by atoms with Gasteiger partial charge in [0, 0.05) is 27.4 Å². The minimum Gasteiger partial charge on any atom is -0.397 e. The smallest absolute Gasteiger partial charge is 0.0951 e. The van der Waals surface area contributed by atoms with Gasteiger partial charge in [-0.3, -0.25) is 4.98 Å². The second-order valence-corrected chi connectivity index (χ2v) is 5.55. The normalized spacial score (nSPS) is 10.7. The highest BCUT2D eigenvalue weighted by Crippen LogP contribution is 2.30. The number of nitrogens with zero attached hydrogens (tertiary/aromatic N) is 1. The monoisotopic (exact) mass is 327 g/mol. The molecular formula is C16H14BrN3. The molecule has 1 aromatic heterocycles. The molecule has 0 spiro atoms. The number of rotatable bonds is 2. The van der Waals surface area contributed by atoms with Crippen LogP contribution in [0, 0.1) is 6.92 Å². The van der Waals surface area contributed by atoms with Crippen LogP contribution in [0.2, 0.25) is 0 Å². The molecule has 0 saturated heterocycles. The van der Waals surface area contributed by atoms with Crippen LogP contribution in [-0.2, 0) is 0 Å². The van der Waals surface area contributed by atoms with E-state index < -0.39 is 0 Å². The minimum absolute atomic E-state index is 0.693. The number of nitrogens with two attached hydrogens (primary N) is 1. The third kappa shape index (κ3) is 2.34. The molecule has 3 rings (SSSR count). The molecule has 0 aliphatic carbocycles. The van der Waals surface area contributed by atoms with Gasteiger partial charge in [-0.25, -0.2) is 0 Å². The van der Waals surface area contributed by atoms with Gasteiger partial charge >= 0.3 is 0 Å². The van der Waals surface area contributed by atoms with Crippen molar-refractivity contribution >= 4 is 43.9 Å². The van der Waals surface area contributed by atoms with Gasteiger partial charge in [0.2, 0.25) is 0 Å². The van der Waals surface area contributed by atoms with Crippen LogP contribution in [0.4, 0.5) is 17.1 Å². The summed E-state index contributed by atoms with van der Waals surface area (Å²) < 4.78 is 1.10. The van der Waals surface area contributed by atoms with Gasteiger partial charge in [0.25, 0.3) is 0 Å². The van der Waals surface area contributed by atoms with Crippen molar-refractivity contribution in [1.82, 2.24) is 4.98 Å². The van der Waals surface area contributed by atoms with Gasteiger partial charge in [-0.15, -0.1) is 0 Å². The number of hydrogen-bond acceptors (Lipinski definition) is 3. The van der Waals surface area contributed by atoms with Crippen LogP contribution < -0.4 is 11.1 Å². The lowest BCUT2D eigenvalue weighted by atomic mass is 10.1. The molecule has 0 aliphatic heterocycles. The highest BCUT2D eigenvalue weighted by atomic mass is 79.9. The lowest BCUT2D eigenvalue weighted by molar-refractivity contribution is 1.40. The van der Waals surface area contributed by atoms with Crippen LogP contribution in [0.1, 0.15) is 5.56 Å². The molecule has 2 aromatic carbocycles. The zero-order chi connectivity index (χ0) is 14.1. The molecular weight excluding hydrogens is 314 g/mol. The predicted octanol–water partition coefficient (Wildman–Crippen LogP) is 4.63. The average Bonchev–Trinajstić information content (AvgIpc) is 2.46. The van der Waals surface area contributed by atoms with E-state index in [1.165, 1.54) is 5.56 Å². The Balaban J connectivity index is 2.06. The molecule has 4 heteroatoms. The number of pyridine rings is 1. The molecule has 0 atom stereocenters. The van der Waals surface area contributed by atoms with Crippen molar-refractivity contribution in [3.63, 3.8) is 0 Å². The number of hydrogen-bond donors (Lipinski definition) is 2. The minimum atomic E-state index is 0.693. The van der Waals surface area contributed by atoms with Crippen LogP contribution >= 0.6 is 15.9 Å². The molecule has 0 fully saturated rings. The molecule has 3 aromatic rings. The maximum atomic E-state index is 5.97. The fourth-order valence-corrected chi connectivity index (χ4v) is 2.43. The number of nitrogen functional groups attached to an aromatic ring is 1. The fraction of sp³-hybridized carbons (Fsp3) is 0.0625. The van der Waals surface area contributed by atoms with Gasteiger partial charge in [-0.2, -0.15) is 0 Å². The lowest BCUT2D eigenvalue weighted by Crippen LogP contribution is -1.95. The van der Waals surface area contributed by atoms with Crippen LogP contribution in [0.5, 0.6) is 0 Å². The van der Waals surface area contributed by atoms with Crippen LogP contribution in [0.15, 0.2) is 53.1 Å². The second kappa shape index (κ2) is 5.13. The Morgan fingerprint density at radius 2 is 2.00 bits per heavy atom. The van der Waals surface area contributed by atoms with E-state index in [0.717, 1.165) is 26.8 Å². The van der Waals surface area contributed by atoms with Crippen molar-refractivity contribution in [2.75, 3.05) is 11.1 Å². The van der Waals surface area contributed by atoms with Crippen LogP contribution in [0.25, 0.3) is 10.9 Å². The molecule has 100 valence electrons. The fourth-order valence-electron chi connectivity index (χ4n) is 2.18. The second-order valence-electron chi connectivity index (χ2n) is 4.69. The molecule has 0 saturated carbocycles. The van der Waals surface area contributed by atoms with Crippen molar-refractivity contribution < 1.29 is 0 Å². The zero-order valence-electron chi connectivity index (χ0n) is 11.0. The quantitative estimate of drug-likeness (QED) is 0.674. The highest BCUT2D eigenvalue weighted by molar-refractivity contribution is 9.10. The largest absolute Gasteiger partial charge is 0.397 e. The maximum absolute atomic E-state index is 5.97. The summed E-state index contributed by atoms with van der Waals surface area (Å²) in [5.41, 5.74) is 10.7. The highest BCUT2D eigenvalue weighted by Gasteiger charge is 2.05. The Morgan fingerprint density at radius 1 is 1.15 bits per heavy atom. The molecule has 0 radical (unpaired) electrons. The molecule has 20 heavy (non-hydrogen) atoms. The first-order valence-electron chi connectivity index (χ1n) is 6.31. The Hall–Kier alpha value is -2.07. The summed E-state index contributed by atoms with van der Waals surface area (Å²) in [5, 5.41) is 4.45. The lowest BCUT2D eigenvalue weighted by Gasteiger charge is -2.12. The first kappa shape index (κ1) is 12.9. The molecule has 0 bridgehead atoms. The van der Waals surface area contributed by atoms with Gasteiger partial charge in [-0.05, 0) is 55.0 Å². The molecule has 3 nitrogen and oxygen atoms in total. The molecule has 0 aliphatic rings. The topological polar surface area (TPSA) is 50.9 Å². The Kier molecular flexibility index (Phi) is 3.32. The summed E-state index contributed by atoms with van der Waals surface area (Å²) in [6.07, 6.45) is 1.76. The summed E-state index contributed by atoms with van der Waals surface area (Å²) in [6, 6.07) is 14.0. The number of fused-ring (bicyclic) bond motifs is 1. The van der Waals surface area contributed by atoms with Crippen molar-refractivity contribution in [2.45, 2.75) is 6.92 Å². The number of nitrogens with one attached hydrogen (secondary N) is 1. The third-order valence-electron chi connectivity index (χ3n) is 3.24. The summed E-state index contributed by atoms with van der Waals surface area (Å²) >= 11 is 3.51. The van der Waals surface area contributed by atoms with E-state index in [2.05, 4.69) is 39.2 Å². The van der Waals surface area contributed by atoms with Crippen molar-refractivity contribution in [2.24, 2.45) is 0 Å². The third-order valence-corrected chi connectivity index (χ3v) is 4.13. The van der Waals surface area contributed by atoms with Crippen molar-refractivity contribution in [3.8, 4) is 0 Å². The van der Waals surface area contributed by atoms with E-state index in [1.54, 1.807) is 6.20 Å². The standard InChI is InChI=1S/C16H14BrN3/c1-10-9-11(4-5-13(10)17)20-15-7-6-14(18)16-12(15)3-2-8-19-16/h2-9,20H,18H2,1H3. The van der Waals surface area contributed by atoms with E-state index in [-0.39, 0.29) is 0 Å². The van der Waals surface area contributed by atoms with Gasteiger partial charge in [0.15, 0.2) is 0 Å². The zero-order valence-corrected chi connectivity index (χ0v) is 12.6. The van der Waals surface area contributed by atoms with Crippen molar-refractivity contribution in [1.29, 1.82) is 0 Å². The van der Waals surface area contributed by atoms with Crippen molar-refractivity contribution in [3.05, 3.63) is 58.7 Å². The average molecular weight is 328 g/mol. The predicted molar refractivity (Wildman–Crippen MR) is 88.3 cm³/mol. The molecule has 0 amide bonds. The number of halogens is 1. The number of aryl methyl sites for hydroxylation is 1. The van der Waals surface area contributed by atoms with E-state index in [4.69, 9.17) is 5.73 Å². The van der Waals surface area contributed by atoms with E-state index in [0.29, 0.717) is 5.69 Å². The maximum Gasteiger partial charge on any atom is 0.0951 e. The number of anilines is 3.